The Labute approximate surface area is 163 Å². The maximum absolute atomic E-state index is 11.6. The van der Waals surface area contributed by atoms with Gasteiger partial charge in [-0.05, 0) is 55.9 Å². The largest absolute Gasteiger partial charge is 0.359 e. The van der Waals surface area contributed by atoms with E-state index >= 15 is 0 Å². The summed E-state index contributed by atoms with van der Waals surface area (Å²) in [4.78, 5) is 19.0. The second kappa shape index (κ2) is 9.25. The van der Waals surface area contributed by atoms with Crippen molar-refractivity contribution in [3.05, 3.63) is 35.9 Å². The van der Waals surface area contributed by atoms with Crippen molar-refractivity contribution < 1.29 is 4.79 Å². The normalized spacial score (nSPS) is 19.6. The molecule has 2 aliphatic rings. The third-order valence-corrected chi connectivity index (χ3v) is 5.95. The van der Waals surface area contributed by atoms with Gasteiger partial charge in [-0.25, -0.2) is 0 Å². The lowest BCUT2D eigenvalue weighted by Gasteiger charge is -2.34. The fourth-order valence-electron chi connectivity index (χ4n) is 3.98. The topological polar surface area (TPSA) is 56.7 Å². The van der Waals surface area contributed by atoms with Gasteiger partial charge in [0.2, 0.25) is 5.91 Å². The quantitative estimate of drug-likeness (QED) is 0.573. The lowest BCUT2D eigenvalue weighted by atomic mass is 9.93. The summed E-state index contributed by atoms with van der Waals surface area (Å²) < 4.78 is 0. The van der Waals surface area contributed by atoms with E-state index in [9.17, 15) is 4.79 Å². The van der Waals surface area contributed by atoms with Gasteiger partial charge >= 0.3 is 0 Å². The number of nitrogens with zero attached hydrogens (tertiary/aromatic N) is 2. The number of aliphatic imine (C=N–C) groups is 1. The molecule has 1 amide bonds. The van der Waals surface area contributed by atoms with Crippen LogP contribution in [0.1, 0.15) is 44.6 Å². The first kappa shape index (κ1) is 19.7. The van der Waals surface area contributed by atoms with E-state index in [-0.39, 0.29) is 5.91 Å². The first-order chi connectivity index (χ1) is 13.1. The zero-order valence-corrected chi connectivity index (χ0v) is 16.8. The number of hydrogen-bond acceptors (Lipinski definition) is 2. The van der Waals surface area contributed by atoms with E-state index in [2.05, 4.69) is 52.8 Å². The fraction of sp³-hybridized carbons (Fsp3) is 0.636. The lowest BCUT2D eigenvalue weighted by molar-refractivity contribution is -0.121. The Balaban J connectivity index is 1.55. The minimum atomic E-state index is 0.158. The van der Waals surface area contributed by atoms with Crippen molar-refractivity contribution >= 4 is 11.9 Å². The fourth-order valence-corrected chi connectivity index (χ4v) is 3.98. The molecule has 2 fully saturated rings. The van der Waals surface area contributed by atoms with Crippen LogP contribution in [0.5, 0.6) is 0 Å². The molecule has 0 unspecified atom stereocenters. The summed E-state index contributed by atoms with van der Waals surface area (Å²) in [6, 6.07) is 10.8. The van der Waals surface area contributed by atoms with Gasteiger partial charge in [0.1, 0.15) is 0 Å². The Morgan fingerprint density at radius 3 is 2.52 bits per heavy atom. The van der Waals surface area contributed by atoms with Crippen molar-refractivity contribution in [3.8, 4) is 0 Å². The molecule has 1 aliphatic carbocycles. The van der Waals surface area contributed by atoms with Gasteiger partial charge in [0.05, 0.1) is 0 Å². The number of carbonyl (C=O) groups is 1. The van der Waals surface area contributed by atoms with Gasteiger partial charge in [0.15, 0.2) is 5.96 Å². The van der Waals surface area contributed by atoms with Gasteiger partial charge in [-0.2, -0.15) is 0 Å². The summed E-state index contributed by atoms with van der Waals surface area (Å²) >= 11 is 0. The number of likely N-dealkylation sites (tertiary alicyclic amines) is 1. The molecule has 1 aromatic rings. The van der Waals surface area contributed by atoms with Crippen molar-refractivity contribution in [1.82, 2.24) is 15.5 Å². The van der Waals surface area contributed by atoms with Crippen LogP contribution in [0, 0.1) is 11.3 Å². The highest BCUT2D eigenvalue weighted by Crippen LogP contribution is 2.48. The number of amides is 1. The molecule has 5 heteroatoms. The Morgan fingerprint density at radius 1 is 1.22 bits per heavy atom. The van der Waals surface area contributed by atoms with Crippen LogP contribution in [-0.2, 0) is 11.2 Å². The molecule has 0 aromatic heterocycles. The predicted molar refractivity (Wildman–Crippen MR) is 111 cm³/mol. The number of benzene rings is 1. The molecule has 0 bridgehead atoms. The molecular formula is C22H34N4O. The van der Waals surface area contributed by atoms with Crippen molar-refractivity contribution in [2.45, 2.75) is 45.4 Å². The van der Waals surface area contributed by atoms with Gasteiger partial charge in [-0.3, -0.25) is 9.79 Å². The average Bonchev–Trinajstić information content (AvgIpc) is 3.46. The minimum absolute atomic E-state index is 0.158. The summed E-state index contributed by atoms with van der Waals surface area (Å²) in [6.45, 7) is 5.90. The molecule has 3 rings (SSSR count). The molecule has 0 spiro atoms. The van der Waals surface area contributed by atoms with Gasteiger partial charge in [-0.15, -0.1) is 0 Å². The van der Waals surface area contributed by atoms with Crippen LogP contribution in [0.3, 0.4) is 0 Å². The molecule has 1 aromatic carbocycles. The van der Waals surface area contributed by atoms with Gasteiger partial charge in [0.25, 0.3) is 0 Å². The van der Waals surface area contributed by atoms with Gasteiger partial charge < -0.3 is 15.5 Å². The van der Waals surface area contributed by atoms with E-state index in [1.807, 2.05) is 0 Å². The first-order valence-electron chi connectivity index (χ1n) is 10.4. The highest BCUT2D eigenvalue weighted by atomic mass is 16.1. The van der Waals surface area contributed by atoms with E-state index in [1.54, 1.807) is 7.05 Å². The van der Waals surface area contributed by atoms with Crippen LogP contribution in [0.2, 0.25) is 0 Å². The maximum Gasteiger partial charge on any atom is 0.220 e. The van der Waals surface area contributed by atoms with Crippen molar-refractivity contribution in [2.24, 2.45) is 16.3 Å². The van der Waals surface area contributed by atoms with Crippen LogP contribution in [0.15, 0.2) is 35.3 Å². The average molecular weight is 371 g/mol. The number of nitrogens with one attached hydrogen (secondary N) is 2. The molecule has 148 valence electrons. The molecular weight excluding hydrogens is 336 g/mol. The molecule has 1 aliphatic heterocycles. The summed E-state index contributed by atoms with van der Waals surface area (Å²) in [5.41, 5.74) is 1.78. The highest BCUT2D eigenvalue weighted by molar-refractivity contribution is 5.80. The maximum atomic E-state index is 11.6. The Kier molecular flexibility index (Phi) is 6.75. The third kappa shape index (κ3) is 5.72. The van der Waals surface area contributed by atoms with Crippen LogP contribution >= 0.6 is 0 Å². The van der Waals surface area contributed by atoms with Gasteiger partial charge in [0, 0.05) is 39.6 Å². The molecule has 1 saturated carbocycles. The van der Waals surface area contributed by atoms with Gasteiger partial charge in [-0.1, -0.05) is 30.3 Å². The SMILES string of the molecule is CCNC(=NCC1(Cc2ccccc2)CC1)N1CCC(CC(=O)NC)CC1. The van der Waals surface area contributed by atoms with Crippen molar-refractivity contribution in [2.75, 3.05) is 33.2 Å². The third-order valence-electron chi connectivity index (χ3n) is 5.95. The standard InChI is InChI=1S/C22H34N4O/c1-3-24-21(26-13-9-18(10-14-26)15-20(27)23-2)25-17-22(11-12-22)16-19-7-5-4-6-8-19/h4-8,18H,3,9-17H2,1-2H3,(H,23,27)(H,24,25). The summed E-state index contributed by atoms with van der Waals surface area (Å²) in [7, 11) is 1.72. The predicted octanol–water partition coefficient (Wildman–Crippen LogP) is 2.82. The van der Waals surface area contributed by atoms with E-state index in [0.717, 1.165) is 51.4 Å². The smallest absolute Gasteiger partial charge is 0.220 e. The molecule has 1 heterocycles. The number of piperidine rings is 1. The minimum Gasteiger partial charge on any atom is -0.359 e. The van der Waals surface area contributed by atoms with Crippen LogP contribution in [0.25, 0.3) is 0 Å². The Hall–Kier alpha value is -2.04. The second-order valence-corrected chi connectivity index (χ2v) is 8.14. The van der Waals surface area contributed by atoms with E-state index in [4.69, 9.17) is 4.99 Å². The molecule has 5 nitrogen and oxygen atoms in total. The molecule has 0 radical (unpaired) electrons. The summed E-state index contributed by atoms with van der Waals surface area (Å²) in [5.74, 6) is 1.71. The Morgan fingerprint density at radius 2 is 1.93 bits per heavy atom. The van der Waals surface area contributed by atoms with Crippen LogP contribution in [0.4, 0.5) is 0 Å². The Bertz CT molecular complexity index is 631. The summed E-state index contributed by atoms with van der Waals surface area (Å²) in [6.07, 6.45) is 6.46. The number of guanidine groups is 1. The zero-order chi connectivity index (χ0) is 19.1. The summed E-state index contributed by atoms with van der Waals surface area (Å²) in [5, 5.41) is 6.22. The first-order valence-corrected chi connectivity index (χ1v) is 10.4. The molecule has 0 atom stereocenters. The molecule has 1 saturated heterocycles. The second-order valence-electron chi connectivity index (χ2n) is 8.14. The zero-order valence-electron chi connectivity index (χ0n) is 16.8. The van der Waals surface area contributed by atoms with Crippen LogP contribution < -0.4 is 10.6 Å². The van der Waals surface area contributed by atoms with E-state index in [0.29, 0.717) is 17.8 Å². The number of carbonyl (C=O) groups excluding carboxylic acids is 1. The molecule has 27 heavy (non-hydrogen) atoms. The van der Waals surface area contributed by atoms with E-state index in [1.165, 1.54) is 18.4 Å². The number of hydrogen-bond donors (Lipinski definition) is 2. The molecule has 2 N–H and O–H groups in total. The van der Waals surface area contributed by atoms with Crippen molar-refractivity contribution in [3.63, 3.8) is 0 Å². The number of rotatable bonds is 7. The van der Waals surface area contributed by atoms with Crippen molar-refractivity contribution in [1.29, 1.82) is 0 Å². The van der Waals surface area contributed by atoms with Crippen LogP contribution in [-0.4, -0.2) is 50.0 Å². The lowest BCUT2D eigenvalue weighted by Crippen LogP contribution is -2.46. The van der Waals surface area contributed by atoms with E-state index < -0.39 is 0 Å². The monoisotopic (exact) mass is 370 g/mol. The highest BCUT2D eigenvalue weighted by Gasteiger charge is 2.42.